The predicted octanol–water partition coefficient (Wildman–Crippen LogP) is 7.63. The Hall–Kier alpha value is -1.10. The van der Waals surface area contributed by atoms with E-state index < -0.39 is 5.41 Å². The minimum Gasteiger partial charge on any atom is -0.300 e. The fraction of sp³-hybridized carbons (Fsp3) is 0.857. The van der Waals surface area contributed by atoms with Crippen molar-refractivity contribution >= 4 is 5.78 Å². The van der Waals surface area contributed by atoms with Crippen LogP contribution in [0.2, 0.25) is 0 Å². The maximum atomic E-state index is 12.3. The molecule has 0 N–H and O–H groups in total. The standard InChI is InChI=1S/C28H43NO/c1-19(2)7-6-8-20(3)23-9-10-24-22-12-16-28(18-29)17-21(30)11-15-27(28,5)25(22)13-14-26(23,24)4/h19-20,23-24H,6-17H2,1-5H3/t20-,23-,24+,26-,27-,28-/m1/s1. The number of nitrogens with zero attached hydrogens (tertiary/aromatic N) is 1. The topological polar surface area (TPSA) is 40.9 Å². The molecule has 0 aromatic carbocycles. The van der Waals surface area contributed by atoms with Crippen LogP contribution in [0.1, 0.15) is 112 Å². The van der Waals surface area contributed by atoms with Gasteiger partial charge in [0.15, 0.2) is 0 Å². The summed E-state index contributed by atoms with van der Waals surface area (Å²) in [5.41, 5.74) is 3.31. The molecule has 0 bridgehead atoms. The van der Waals surface area contributed by atoms with Gasteiger partial charge in [0.25, 0.3) is 0 Å². The summed E-state index contributed by atoms with van der Waals surface area (Å²) in [5.74, 6) is 3.54. The number of allylic oxidation sites excluding steroid dienone is 2. The molecule has 4 aliphatic carbocycles. The molecule has 0 aromatic heterocycles. The fourth-order valence-corrected chi connectivity index (χ4v) is 8.52. The van der Waals surface area contributed by atoms with Gasteiger partial charge in [-0.15, -0.1) is 0 Å². The molecular weight excluding hydrogens is 366 g/mol. The van der Waals surface area contributed by atoms with E-state index in [9.17, 15) is 10.1 Å². The van der Waals surface area contributed by atoms with E-state index in [1.54, 1.807) is 11.1 Å². The second-order valence-electron chi connectivity index (χ2n) is 12.3. The lowest BCUT2D eigenvalue weighted by Crippen LogP contribution is -2.51. The third kappa shape index (κ3) is 3.22. The van der Waals surface area contributed by atoms with Crippen LogP contribution in [-0.4, -0.2) is 5.78 Å². The van der Waals surface area contributed by atoms with Crippen molar-refractivity contribution in [2.24, 2.45) is 39.9 Å². The van der Waals surface area contributed by atoms with Crippen LogP contribution in [0.4, 0.5) is 0 Å². The molecule has 30 heavy (non-hydrogen) atoms. The summed E-state index contributed by atoms with van der Waals surface area (Å²) in [6.07, 6.45) is 13.4. The molecule has 0 heterocycles. The van der Waals surface area contributed by atoms with Crippen LogP contribution >= 0.6 is 0 Å². The van der Waals surface area contributed by atoms with Gasteiger partial charge in [-0.05, 0) is 74.0 Å². The molecule has 4 rings (SSSR count). The Kier molecular flexibility index (Phi) is 5.74. The van der Waals surface area contributed by atoms with Crippen molar-refractivity contribution < 1.29 is 4.79 Å². The molecule has 0 unspecified atom stereocenters. The average molecular weight is 410 g/mol. The Bertz CT molecular complexity index is 772. The fourth-order valence-electron chi connectivity index (χ4n) is 8.52. The molecule has 6 atom stereocenters. The summed E-state index contributed by atoms with van der Waals surface area (Å²) < 4.78 is 0. The number of Topliss-reactive ketones (excluding diaryl/α,β-unsaturated/α-hetero) is 1. The number of fused-ring (bicyclic) bond motifs is 4. The van der Waals surface area contributed by atoms with Gasteiger partial charge < -0.3 is 0 Å². The molecule has 2 nitrogen and oxygen atoms in total. The van der Waals surface area contributed by atoms with Gasteiger partial charge in [0.1, 0.15) is 5.78 Å². The number of hydrogen-bond donors (Lipinski definition) is 0. The van der Waals surface area contributed by atoms with Crippen LogP contribution in [0.5, 0.6) is 0 Å². The highest BCUT2D eigenvalue weighted by Gasteiger charge is 2.61. The van der Waals surface area contributed by atoms with Crippen molar-refractivity contribution in [1.82, 2.24) is 0 Å². The summed E-state index contributed by atoms with van der Waals surface area (Å²) >= 11 is 0. The minimum atomic E-state index is -0.433. The van der Waals surface area contributed by atoms with E-state index in [2.05, 4.69) is 40.7 Å². The highest BCUT2D eigenvalue weighted by molar-refractivity contribution is 5.81. The van der Waals surface area contributed by atoms with Crippen LogP contribution in [0.3, 0.4) is 0 Å². The molecule has 0 aliphatic heterocycles. The van der Waals surface area contributed by atoms with Crippen LogP contribution < -0.4 is 0 Å². The van der Waals surface area contributed by atoms with E-state index in [4.69, 9.17) is 0 Å². The molecule has 4 aliphatic rings. The first kappa shape index (κ1) is 22.1. The van der Waals surface area contributed by atoms with Crippen molar-refractivity contribution in [2.75, 3.05) is 0 Å². The van der Waals surface area contributed by atoms with Crippen molar-refractivity contribution in [3.8, 4) is 6.07 Å². The monoisotopic (exact) mass is 409 g/mol. The summed E-state index contributed by atoms with van der Waals surface area (Å²) in [7, 11) is 0. The SMILES string of the molecule is CC(C)CCC[C@@H](C)[C@H]1CC[C@H]2C3=C(CC[C@]12C)[C@@]1(C)CCC(=O)C[C@@]1(C#N)CC3. The zero-order valence-electron chi connectivity index (χ0n) is 20.2. The van der Waals surface area contributed by atoms with E-state index in [-0.39, 0.29) is 5.41 Å². The van der Waals surface area contributed by atoms with Gasteiger partial charge >= 0.3 is 0 Å². The van der Waals surface area contributed by atoms with Crippen molar-refractivity contribution in [3.63, 3.8) is 0 Å². The first-order valence-electron chi connectivity index (χ1n) is 12.8. The average Bonchev–Trinajstić information content (AvgIpc) is 3.05. The predicted molar refractivity (Wildman–Crippen MR) is 123 cm³/mol. The normalized spacial score (nSPS) is 41.8. The van der Waals surface area contributed by atoms with E-state index >= 15 is 0 Å². The van der Waals surface area contributed by atoms with Gasteiger partial charge in [-0.25, -0.2) is 0 Å². The van der Waals surface area contributed by atoms with Crippen LogP contribution in [0.25, 0.3) is 0 Å². The largest absolute Gasteiger partial charge is 0.300 e. The molecule has 0 radical (unpaired) electrons. The number of rotatable bonds is 5. The molecule has 166 valence electrons. The van der Waals surface area contributed by atoms with E-state index in [0.717, 1.165) is 42.9 Å². The van der Waals surface area contributed by atoms with Gasteiger partial charge in [0.2, 0.25) is 0 Å². The molecule has 0 amide bonds. The summed E-state index contributed by atoms with van der Waals surface area (Å²) in [6.45, 7) is 12.2. The summed E-state index contributed by atoms with van der Waals surface area (Å²) in [5, 5.41) is 10.2. The van der Waals surface area contributed by atoms with Crippen molar-refractivity contribution in [2.45, 2.75) is 112 Å². The molecule has 0 spiro atoms. The zero-order valence-corrected chi connectivity index (χ0v) is 20.2. The second kappa shape index (κ2) is 7.79. The first-order valence-corrected chi connectivity index (χ1v) is 12.8. The summed E-state index contributed by atoms with van der Waals surface area (Å²) in [6, 6.07) is 2.70. The molecule has 2 fully saturated rings. The minimum absolute atomic E-state index is 0.0639. The first-order chi connectivity index (χ1) is 14.2. The van der Waals surface area contributed by atoms with E-state index in [1.165, 1.54) is 44.9 Å². The Morgan fingerprint density at radius 2 is 1.80 bits per heavy atom. The number of hydrogen-bond acceptors (Lipinski definition) is 2. The highest BCUT2D eigenvalue weighted by atomic mass is 16.1. The molecule has 2 heteroatoms. The number of ketones is 1. The highest BCUT2D eigenvalue weighted by Crippen LogP contribution is 2.68. The van der Waals surface area contributed by atoms with Crippen molar-refractivity contribution in [3.05, 3.63) is 11.1 Å². The smallest absolute Gasteiger partial charge is 0.134 e. The molecule has 0 saturated heterocycles. The van der Waals surface area contributed by atoms with E-state index in [1.807, 2.05) is 0 Å². The van der Waals surface area contributed by atoms with Gasteiger partial charge in [-0.1, -0.05) is 65.0 Å². The van der Waals surface area contributed by atoms with Crippen LogP contribution in [-0.2, 0) is 4.79 Å². The lowest BCUT2D eigenvalue weighted by Gasteiger charge is -2.57. The Labute approximate surface area is 184 Å². The molecular formula is C28H43NO. The third-order valence-corrected chi connectivity index (χ3v) is 10.4. The van der Waals surface area contributed by atoms with Gasteiger partial charge in [-0.2, -0.15) is 5.26 Å². The number of carbonyl (C=O) groups is 1. The van der Waals surface area contributed by atoms with E-state index in [0.29, 0.717) is 24.0 Å². The summed E-state index contributed by atoms with van der Waals surface area (Å²) in [4.78, 5) is 12.3. The van der Waals surface area contributed by atoms with Crippen molar-refractivity contribution in [1.29, 1.82) is 5.26 Å². The Morgan fingerprint density at radius 1 is 1.03 bits per heavy atom. The number of nitriles is 1. The van der Waals surface area contributed by atoms with Gasteiger partial charge in [0.05, 0.1) is 11.5 Å². The molecule has 2 saturated carbocycles. The van der Waals surface area contributed by atoms with Gasteiger partial charge in [0, 0.05) is 18.3 Å². The quantitative estimate of drug-likeness (QED) is 0.438. The lowest BCUT2D eigenvalue weighted by molar-refractivity contribution is -0.127. The Morgan fingerprint density at radius 3 is 2.50 bits per heavy atom. The van der Waals surface area contributed by atoms with Crippen LogP contribution in [0.15, 0.2) is 11.1 Å². The number of carbonyl (C=O) groups excluding carboxylic acids is 1. The Balaban J connectivity index is 1.59. The lowest BCUT2D eigenvalue weighted by atomic mass is 9.45. The zero-order chi connectivity index (χ0) is 21.7. The maximum Gasteiger partial charge on any atom is 0.134 e. The third-order valence-electron chi connectivity index (χ3n) is 10.4. The van der Waals surface area contributed by atoms with Gasteiger partial charge in [-0.3, -0.25) is 4.79 Å². The maximum absolute atomic E-state index is 12.3. The second-order valence-corrected chi connectivity index (χ2v) is 12.3. The van der Waals surface area contributed by atoms with Crippen LogP contribution in [0, 0.1) is 51.2 Å². The molecule has 0 aromatic rings.